The molecule has 4 heteroatoms. The van der Waals surface area contributed by atoms with Crippen LogP contribution in [0.15, 0.2) is 29.9 Å². The van der Waals surface area contributed by atoms with Crippen molar-refractivity contribution in [1.82, 2.24) is 9.80 Å². The first-order valence-corrected chi connectivity index (χ1v) is 7.94. The summed E-state index contributed by atoms with van der Waals surface area (Å²) in [7, 11) is 0. The van der Waals surface area contributed by atoms with E-state index < -0.39 is 0 Å². The van der Waals surface area contributed by atoms with Crippen molar-refractivity contribution in [2.24, 2.45) is 0 Å². The third-order valence-corrected chi connectivity index (χ3v) is 5.18. The summed E-state index contributed by atoms with van der Waals surface area (Å²) in [4.78, 5) is 6.95. The Bertz CT molecular complexity index is 598. The van der Waals surface area contributed by atoms with Gasteiger partial charge in [-0.05, 0) is 38.3 Å². The van der Waals surface area contributed by atoms with E-state index in [9.17, 15) is 0 Å². The maximum Gasteiger partial charge on any atom is 0.158 e. The molecule has 19 heavy (non-hydrogen) atoms. The molecule has 1 unspecified atom stereocenters. The summed E-state index contributed by atoms with van der Waals surface area (Å²) in [6.07, 6.45) is 9.83. The van der Waals surface area contributed by atoms with Gasteiger partial charge < -0.3 is 9.80 Å². The molecule has 0 aliphatic carbocycles. The molecule has 2 aliphatic rings. The Labute approximate surface area is 122 Å². The molecule has 0 fully saturated rings. The highest BCUT2D eigenvalue weighted by molar-refractivity contribution is 8.02. The Morgan fingerprint density at radius 3 is 2.74 bits per heavy atom. The van der Waals surface area contributed by atoms with Crippen LogP contribution in [0.3, 0.4) is 0 Å². The predicted octanol–water partition coefficient (Wildman–Crippen LogP) is 3.95. The molecule has 1 atom stereocenters. The van der Waals surface area contributed by atoms with Gasteiger partial charge in [0.15, 0.2) is 5.50 Å². The maximum atomic E-state index is 5.48. The first kappa shape index (κ1) is 12.7. The Morgan fingerprint density at radius 2 is 2.11 bits per heavy atom. The van der Waals surface area contributed by atoms with Crippen molar-refractivity contribution >= 4 is 28.8 Å². The average molecular weight is 288 g/mol. The molecule has 2 aliphatic heterocycles. The van der Waals surface area contributed by atoms with Crippen LogP contribution in [0.25, 0.3) is 5.70 Å². The van der Waals surface area contributed by atoms with E-state index in [1.807, 2.05) is 17.8 Å². The molecule has 0 N–H and O–H groups in total. The molecular formula is C15H16N2S2. The largest absolute Gasteiger partial charge is 0.335 e. The lowest BCUT2D eigenvalue weighted by atomic mass is 10.1. The molecule has 2 nitrogen and oxygen atoms in total. The van der Waals surface area contributed by atoms with E-state index in [0.717, 1.165) is 4.88 Å². The van der Waals surface area contributed by atoms with Crippen molar-refractivity contribution in [3.63, 3.8) is 0 Å². The van der Waals surface area contributed by atoms with Crippen molar-refractivity contribution in [2.45, 2.75) is 31.8 Å². The third-order valence-electron chi connectivity index (χ3n) is 3.16. The van der Waals surface area contributed by atoms with Gasteiger partial charge >= 0.3 is 0 Å². The zero-order chi connectivity index (χ0) is 13.6. The minimum absolute atomic E-state index is 0.0740. The molecule has 1 aromatic rings. The highest BCUT2D eigenvalue weighted by atomic mass is 32.2. The van der Waals surface area contributed by atoms with Crippen molar-refractivity contribution in [1.29, 1.82) is 0 Å². The Balaban J connectivity index is 2.03. The molecule has 1 aromatic heterocycles. The van der Waals surface area contributed by atoms with Crippen molar-refractivity contribution in [3.05, 3.63) is 39.7 Å². The number of hydrogen-bond donors (Lipinski definition) is 0. The zero-order valence-electron chi connectivity index (χ0n) is 11.3. The lowest BCUT2D eigenvalue weighted by Crippen LogP contribution is -2.45. The summed E-state index contributed by atoms with van der Waals surface area (Å²) < 4.78 is 0. The summed E-state index contributed by atoms with van der Waals surface area (Å²) >= 11 is 3.53. The standard InChI is InChI=1S/C15H16N2S2/c1-5-11-6-7-13(19-11)12-10-16-8-9-18-14(16)17(12)15(2,3)4/h1,6-10,14H,2-4H3. The smallest absolute Gasteiger partial charge is 0.158 e. The van der Waals surface area contributed by atoms with Gasteiger partial charge in [-0.1, -0.05) is 17.7 Å². The van der Waals surface area contributed by atoms with E-state index in [4.69, 9.17) is 6.42 Å². The van der Waals surface area contributed by atoms with Gasteiger partial charge in [-0.15, -0.1) is 17.8 Å². The van der Waals surface area contributed by atoms with Crippen LogP contribution in [0.1, 0.15) is 30.5 Å². The summed E-state index contributed by atoms with van der Waals surface area (Å²) in [5, 5.41) is 2.15. The fourth-order valence-electron chi connectivity index (χ4n) is 2.37. The molecule has 0 saturated carbocycles. The summed E-state index contributed by atoms with van der Waals surface area (Å²) in [6.45, 7) is 6.75. The van der Waals surface area contributed by atoms with Gasteiger partial charge in [0.25, 0.3) is 0 Å². The molecule has 0 amide bonds. The lowest BCUT2D eigenvalue weighted by molar-refractivity contribution is 0.173. The minimum atomic E-state index is 0.0740. The molecular weight excluding hydrogens is 272 g/mol. The Morgan fingerprint density at radius 1 is 1.32 bits per heavy atom. The topological polar surface area (TPSA) is 6.48 Å². The van der Waals surface area contributed by atoms with Crippen molar-refractivity contribution in [3.8, 4) is 12.3 Å². The van der Waals surface area contributed by atoms with Gasteiger partial charge in [0.05, 0.1) is 15.5 Å². The first-order valence-electron chi connectivity index (χ1n) is 6.18. The number of terminal acetylenes is 1. The van der Waals surface area contributed by atoms with Gasteiger partial charge in [-0.2, -0.15) is 0 Å². The van der Waals surface area contributed by atoms with Gasteiger partial charge in [0.1, 0.15) is 0 Å². The Hall–Kier alpha value is -1.31. The number of thiophene rings is 1. The van der Waals surface area contributed by atoms with Crippen LogP contribution in [0.2, 0.25) is 0 Å². The van der Waals surface area contributed by atoms with Crippen LogP contribution in [-0.4, -0.2) is 20.8 Å². The number of fused-ring (bicyclic) bond motifs is 1. The lowest BCUT2D eigenvalue weighted by Gasteiger charge is -2.39. The van der Waals surface area contributed by atoms with E-state index >= 15 is 0 Å². The van der Waals surface area contributed by atoms with E-state index in [1.165, 1.54) is 10.6 Å². The van der Waals surface area contributed by atoms with Crippen LogP contribution in [0, 0.1) is 12.3 Å². The molecule has 0 saturated heterocycles. The number of rotatable bonds is 1. The molecule has 0 aromatic carbocycles. The fraction of sp³-hybridized carbons (Fsp3) is 0.333. The van der Waals surface area contributed by atoms with Crippen LogP contribution in [0.5, 0.6) is 0 Å². The molecule has 0 spiro atoms. The van der Waals surface area contributed by atoms with E-state index in [0.29, 0.717) is 5.50 Å². The van der Waals surface area contributed by atoms with Crippen LogP contribution >= 0.6 is 23.1 Å². The summed E-state index contributed by atoms with van der Waals surface area (Å²) in [5.41, 5.74) is 1.68. The van der Waals surface area contributed by atoms with E-state index in [2.05, 4.69) is 60.4 Å². The minimum Gasteiger partial charge on any atom is -0.335 e. The van der Waals surface area contributed by atoms with Crippen LogP contribution < -0.4 is 0 Å². The average Bonchev–Trinajstić information content (AvgIpc) is 3.00. The highest BCUT2D eigenvalue weighted by Crippen LogP contribution is 2.45. The summed E-state index contributed by atoms with van der Waals surface area (Å²) in [5.74, 6) is 2.71. The number of thioether (sulfide) groups is 1. The van der Waals surface area contributed by atoms with Crippen molar-refractivity contribution < 1.29 is 0 Å². The van der Waals surface area contributed by atoms with Crippen LogP contribution in [-0.2, 0) is 0 Å². The molecule has 0 radical (unpaired) electrons. The number of nitrogens with zero attached hydrogens (tertiary/aromatic N) is 2. The van der Waals surface area contributed by atoms with Crippen LogP contribution in [0.4, 0.5) is 0 Å². The Kier molecular flexibility index (Phi) is 2.92. The van der Waals surface area contributed by atoms with Crippen molar-refractivity contribution in [2.75, 3.05) is 0 Å². The van der Waals surface area contributed by atoms with Gasteiger partial charge in [-0.3, -0.25) is 0 Å². The fourth-order valence-corrected chi connectivity index (χ4v) is 4.37. The monoisotopic (exact) mass is 288 g/mol. The molecule has 98 valence electrons. The predicted molar refractivity (Wildman–Crippen MR) is 84.2 cm³/mol. The number of hydrogen-bond acceptors (Lipinski definition) is 4. The molecule has 3 heterocycles. The summed E-state index contributed by atoms with van der Waals surface area (Å²) in [6, 6.07) is 4.15. The van der Waals surface area contributed by atoms with E-state index in [-0.39, 0.29) is 5.54 Å². The molecule has 3 rings (SSSR count). The van der Waals surface area contributed by atoms with Gasteiger partial charge in [-0.25, -0.2) is 0 Å². The second-order valence-electron chi connectivity index (χ2n) is 5.56. The quantitative estimate of drug-likeness (QED) is 0.723. The second kappa shape index (κ2) is 4.36. The molecule has 0 bridgehead atoms. The zero-order valence-corrected chi connectivity index (χ0v) is 12.9. The van der Waals surface area contributed by atoms with E-state index in [1.54, 1.807) is 11.3 Å². The SMILES string of the molecule is C#Cc1ccc(C2=CN3C=CSC3N2C(C)(C)C)s1. The van der Waals surface area contributed by atoms with Gasteiger partial charge in [0, 0.05) is 17.9 Å². The second-order valence-corrected chi connectivity index (χ2v) is 7.61. The van der Waals surface area contributed by atoms with Gasteiger partial charge in [0.2, 0.25) is 0 Å². The third kappa shape index (κ3) is 2.07. The normalized spacial score (nSPS) is 21.6. The highest BCUT2D eigenvalue weighted by Gasteiger charge is 2.40. The maximum absolute atomic E-state index is 5.48. The first-order chi connectivity index (χ1) is 9.00.